The first-order valence-electron chi connectivity index (χ1n) is 14.6. The summed E-state index contributed by atoms with van der Waals surface area (Å²) in [5.41, 5.74) is 1.44. The van der Waals surface area contributed by atoms with Crippen LogP contribution in [0.5, 0.6) is 0 Å². The molecule has 0 saturated heterocycles. The Morgan fingerprint density at radius 3 is 1.83 bits per heavy atom. The number of benzene rings is 4. The van der Waals surface area contributed by atoms with Crippen LogP contribution < -0.4 is 10.4 Å². The van der Waals surface area contributed by atoms with Gasteiger partial charge in [-0.15, -0.1) is 40.1 Å². The van der Waals surface area contributed by atoms with Crippen LogP contribution in [0.1, 0.15) is 63.8 Å². The Hall–Kier alpha value is -2.25. The summed E-state index contributed by atoms with van der Waals surface area (Å²) in [5.74, 6) is 0. The van der Waals surface area contributed by atoms with Crippen LogP contribution in [0.25, 0.3) is 33.0 Å². The van der Waals surface area contributed by atoms with Gasteiger partial charge in [-0.05, 0) is 34.6 Å². The van der Waals surface area contributed by atoms with Gasteiger partial charge < -0.3 is 0 Å². The first kappa shape index (κ1) is 37.6. The van der Waals surface area contributed by atoms with Crippen LogP contribution in [0.4, 0.5) is 26.3 Å². The normalized spacial score (nSPS) is 12.7. The van der Waals surface area contributed by atoms with E-state index in [1.807, 2.05) is 65.8 Å². The summed E-state index contributed by atoms with van der Waals surface area (Å²) in [6, 6.07) is 27.5. The minimum atomic E-state index is -4.89. The van der Waals surface area contributed by atoms with E-state index in [1.165, 1.54) is 21.5 Å². The zero-order valence-corrected chi connectivity index (χ0v) is 31.6. The number of halogens is 8. The Morgan fingerprint density at radius 1 is 0.702 bits per heavy atom. The topological polar surface area (TPSA) is 0 Å². The van der Waals surface area contributed by atoms with Crippen LogP contribution in [0.3, 0.4) is 0 Å². The number of rotatable bonds is 1. The first-order valence-corrected chi connectivity index (χ1v) is 22.0. The van der Waals surface area contributed by atoms with E-state index < -0.39 is 49.7 Å². The average Bonchev–Trinajstić information content (AvgIpc) is 3.58. The van der Waals surface area contributed by atoms with E-state index in [9.17, 15) is 26.3 Å². The van der Waals surface area contributed by atoms with Gasteiger partial charge in [-0.3, -0.25) is 0 Å². The molecule has 244 valence electrons. The molecule has 10 heteroatoms. The molecule has 0 N–H and O–H groups in total. The molecule has 2 radical (unpaired) electrons. The number of hydrogen-bond acceptors (Lipinski definition) is 0. The van der Waals surface area contributed by atoms with Crippen molar-refractivity contribution in [1.29, 1.82) is 0 Å². The molecule has 0 spiro atoms. The maximum absolute atomic E-state index is 13.5. The monoisotopic (exact) mass is 778 g/mol. The molecule has 1 heterocycles. The van der Waals surface area contributed by atoms with Crippen LogP contribution in [0.15, 0.2) is 84.9 Å². The van der Waals surface area contributed by atoms with E-state index >= 15 is 0 Å². The Bertz CT molecular complexity index is 1780. The number of hydrogen-bond donors (Lipinski definition) is 0. The predicted octanol–water partition coefficient (Wildman–Crippen LogP) is 11.4. The molecule has 0 fully saturated rings. The van der Waals surface area contributed by atoms with Crippen molar-refractivity contribution < 1.29 is 47.2 Å². The van der Waals surface area contributed by atoms with Crippen LogP contribution in [0.2, 0.25) is 0 Å². The molecule has 5 aromatic carbocycles. The van der Waals surface area contributed by atoms with E-state index in [0.29, 0.717) is 16.5 Å². The third-order valence-corrected chi connectivity index (χ3v) is 9.14. The summed E-state index contributed by atoms with van der Waals surface area (Å²) in [7, 11) is 10.7. The summed E-state index contributed by atoms with van der Waals surface area (Å²) in [6.45, 7) is 11.7. The first-order chi connectivity index (χ1) is 21.8. The van der Waals surface area contributed by atoms with Crippen molar-refractivity contribution in [2.75, 3.05) is 0 Å². The van der Waals surface area contributed by atoms with Gasteiger partial charge in [0.05, 0.1) is 20.6 Å². The Balaban J connectivity index is 0.000000255. The van der Waals surface area contributed by atoms with E-state index in [0.717, 1.165) is 32.6 Å². The molecule has 0 aromatic heterocycles. The Morgan fingerprint density at radius 2 is 1.28 bits per heavy atom. The quantitative estimate of drug-likeness (QED) is 0.0886. The van der Waals surface area contributed by atoms with Crippen molar-refractivity contribution in [2.45, 2.75) is 64.7 Å². The average molecular weight is 781 g/mol. The fourth-order valence-corrected chi connectivity index (χ4v) is 6.79. The van der Waals surface area contributed by atoms with Crippen LogP contribution in [-0.2, 0) is 44.0 Å². The fourth-order valence-electron chi connectivity index (χ4n) is 5.48. The standard InChI is InChI=1S/C25H25F6.C12H7Si.2ClH.Zr/c1-22(2,3)16-9-14-7-8-20(23(4,5)6)21(19(14)13-16)15-10-17(24(26,27)28)12-18(11-15)25(29,30)31;1-3-7-11-9(5-1)10-6-2-4-8-12(10)13-11;;;/h7-13H,1-6H3;1-7H;2*1H;/q2*-1;;;+4/p-2. The molecule has 0 nitrogen and oxygen atoms in total. The number of alkyl halides is 6. The van der Waals surface area contributed by atoms with E-state index in [-0.39, 0.29) is 17.0 Å². The van der Waals surface area contributed by atoms with Gasteiger partial charge >= 0.3 is 50.2 Å². The molecule has 0 amide bonds. The van der Waals surface area contributed by atoms with Crippen molar-refractivity contribution in [1.82, 2.24) is 0 Å². The van der Waals surface area contributed by atoms with Crippen molar-refractivity contribution in [3.05, 3.63) is 113 Å². The summed E-state index contributed by atoms with van der Waals surface area (Å²) < 4.78 is 81.0. The molecule has 47 heavy (non-hydrogen) atoms. The molecule has 1 aliphatic rings. The van der Waals surface area contributed by atoms with Gasteiger partial charge in [0, 0.05) is 0 Å². The predicted molar refractivity (Wildman–Crippen MR) is 180 cm³/mol. The van der Waals surface area contributed by atoms with Gasteiger partial charge in [0.25, 0.3) is 0 Å². The molecular weight excluding hydrogens is 749 g/mol. The second-order valence-corrected chi connectivity index (χ2v) is 18.3. The van der Waals surface area contributed by atoms with Crippen LogP contribution in [0, 0.1) is 6.07 Å². The molecule has 6 rings (SSSR count). The van der Waals surface area contributed by atoms with Crippen molar-refractivity contribution in [2.24, 2.45) is 0 Å². The van der Waals surface area contributed by atoms with Gasteiger partial charge in [0.2, 0.25) is 0 Å². The summed E-state index contributed by atoms with van der Waals surface area (Å²) in [4.78, 5) is 0. The Kier molecular flexibility index (Phi) is 11.4. The van der Waals surface area contributed by atoms with E-state index in [2.05, 4.69) is 42.5 Å². The van der Waals surface area contributed by atoms with Crippen LogP contribution >= 0.6 is 17.0 Å². The summed E-state index contributed by atoms with van der Waals surface area (Å²) in [6.07, 6.45) is -9.79. The van der Waals surface area contributed by atoms with Crippen molar-refractivity contribution in [3.8, 4) is 22.3 Å². The maximum atomic E-state index is 13.5. The second kappa shape index (κ2) is 14.3. The third kappa shape index (κ3) is 8.86. The van der Waals surface area contributed by atoms with Gasteiger partial charge in [0.1, 0.15) is 0 Å². The molecule has 1 aliphatic heterocycles. The number of fused-ring (bicyclic) bond motifs is 4. The van der Waals surface area contributed by atoms with Gasteiger partial charge in [-0.1, -0.05) is 87.7 Å². The molecule has 0 bridgehead atoms. The largest absolute Gasteiger partial charge is 0.184 e. The van der Waals surface area contributed by atoms with Crippen LogP contribution in [-0.4, -0.2) is 9.52 Å². The smallest absolute Gasteiger partial charge is 0.0920 e. The van der Waals surface area contributed by atoms with Gasteiger partial charge in [0.15, 0.2) is 0 Å². The minimum Gasteiger partial charge on any atom is -0.184 e. The second-order valence-electron chi connectivity index (χ2n) is 13.2. The molecule has 5 aromatic rings. The van der Waals surface area contributed by atoms with E-state index in [1.54, 1.807) is 6.07 Å². The summed E-state index contributed by atoms with van der Waals surface area (Å²) in [5, 5.41) is 4.27. The molecule has 0 saturated carbocycles. The third-order valence-electron chi connectivity index (χ3n) is 7.77. The zero-order valence-electron chi connectivity index (χ0n) is 26.6. The molecule has 0 unspecified atom stereocenters. The zero-order chi connectivity index (χ0) is 34.9. The van der Waals surface area contributed by atoms with Gasteiger partial charge in [-0.25, -0.2) is 0 Å². The van der Waals surface area contributed by atoms with E-state index in [4.69, 9.17) is 17.0 Å². The van der Waals surface area contributed by atoms with Crippen molar-refractivity contribution in [3.63, 3.8) is 0 Å². The summed E-state index contributed by atoms with van der Waals surface area (Å²) >= 11 is -0.826. The molecular formula is C37H32Cl2F6SiZr. The molecule has 0 atom stereocenters. The maximum Gasteiger partial charge on any atom is 0.0920 e. The molecule has 0 aliphatic carbocycles. The van der Waals surface area contributed by atoms with Gasteiger partial charge in [-0.2, -0.15) is 61.9 Å². The van der Waals surface area contributed by atoms with Crippen molar-refractivity contribution >= 4 is 47.7 Å². The fraction of sp³-hybridized carbons (Fsp3) is 0.270. The Labute approximate surface area is 293 Å². The SMILES string of the molecule is CC(C)(C)c1cc2c(-c3cc(C(F)(F)F)cc(C(F)(F)F)c3)c(C(C)(C)C)ccc2[cH-]1.[Cl][Zr+2][Cl].[c-]1cccc2c1[Si]c1ccccc1-2. The minimum absolute atomic E-state index is 0.0799.